The number of halogens is 2. The highest BCUT2D eigenvalue weighted by Gasteiger charge is 2.25. The van der Waals surface area contributed by atoms with Crippen LogP contribution in [0.15, 0.2) is 38.2 Å². The molecule has 0 aliphatic rings. The number of nitrogens with one attached hydrogen (secondary N) is 1. The van der Waals surface area contributed by atoms with E-state index in [1.165, 1.54) is 25.1 Å². The maximum atomic E-state index is 13.4. The van der Waals surface area contributed by atoms with Crippen LogP contribution < -0.4 is 4.72 Å². The van der Waals surface area contributed by atoms with Crippen LogP contribution in [0, 0.1) is 12.7 Å². The predicted octanol–water partition coefficient (Wildman–Crippen LogP) is 2.99. The van der Waals surface area contributed by atoms with Crippen molar-refractivity contribution in [1.82, 2.24) is 0 Å². The number of furan rings is 1. The molecule has 0 amide bonds. The largest absolute Gasteiger partial charge is 0.475 e. The van der Waals surface area contributed by atoms with Crippen molar-refractivity contribution in [2.75, 3.05) is 4.72 Å². The van der Waals surface area contributed by atoms with Crippen LogP contribution in [0.3, 0.4) is 0 Å². The monoisotopic (exact) mass is 377 g/mol. The summed E-state index contributed by atoms with van der Waals surface area (Å²) >= 11 is 2.84. The minimum absolute atomic E-state index is 0.0555. The average Bonchev–Trinajstić information content (AvgIpc) is 2.78. The molecule has 0 fully saturated rings. The zero-order valence-electron chi connectivity index (χ0n) is 10.6. The lowest BCUT2D eigenvalue weighted by atomic mass is 10.2. The van der Waals surface area contributed by atoms with Gasteiger partial charge in [0, 0.05) is 11.6 Å². The molecule has 0 unspecified atom stereocenters. The van der Waals surface area contributed by atoms with E-state index in [1.54, 1.807) is 0 Å². The molecule has 0 radical (unpaired) electrons. The Hall–Kier alpha value is -1.87. The fourth-order valence-electron chi connectivity index (χ4n) is 1.56. The van der Waals surface area contributed by atoms with Gasteiger partial charge in [0.25, 0.3) is 10.0 Å². The maximum absolute atomic E-state index is 13.4. The Balaban J connectivity index is 2.43. The molecule has 1 aromatic carbocycles. The van der Waals surface area contributed by atoms with E-state index in [4.69, 9.17) is 9.52 Å². The molecule has 0 saturated carbocycles. The van der Waals surface area contributed by atoms with Gasteiger partial charge in [0.1, 0.15) is 10.7 Å². The molecular weight excluding hydrogens is 369 g/mol. The second-order valence-electron chi connectivity index (χ2n) is 4.07. The second kappa shape index (κ2) is 5.49. The van der Waals surface area contributed by atoms with Gasteiger partial charge < -0.3 is 9.52 Å². The van der Waals surface area contributed by atoms with Crippen LogP contribution in [-0.4, -0.2) is 19.5 Å². The molecule has 21 heavy (non-hydrogen) atoms. The fraction of sp³-hybridized carbons (Fsp3) is 0.0833. The average molecular weight is 378 g/mol. The van der Waals surface area contributed by atoms with Gasteiger partial charge in [0.2, 0.25) is 5.76 Å². The van der Waals surface area contributed by atoms with Crippen LogP contribution in [-0.2, 0) is 10.0 Å². The molecule has 0 atom stereocenters. The lowest BCUT2D eigenvalue weighted by Gasteiger charge is -2.09. The zero-order valence-corrected chi connectivity index (χ0v) is 13.0. The van der Waals surface area contributed by atoms with Crippen LogP contribution in [0.4, 0.5) is 10.1 Å². The van der Waals surface area contributed by atoms with Crippen molar-refractivity contribution in [3.8, 4) is 0 Å². The molecule has 112 valence electrons. The van der Waals surface area contributed by atoms with Crippen LogP contribution in [0.1, 0.15) is 16.1 Å². The Morgan fingerprint density at radius 2 is 2.10 bits per heavy atom. The first kappa shape index (κ1) is 15.5. The Morgan fingerprint density at radius 3 is 2.67 bits per heavy atom. The quantitative estimate of drug-likeness (QED) is 0.853. The molecule has 2 N–H and O–H groups in total. The number of carbonyl (C=O) groups is 1. The SMILES string of the molecule is Cc1c(F)cccc1NS(=O)(=O)c1cc(C(=O)O)oc1Br. The summed E-state index contributed by atoms with van der Waals surface area (Å²) in [5.74, 6) is -2.50. The summed E-state index contributed by atoms with van der Waals surface area (Å²) in [5.41, 5.74) is 0.180. The molecule has 1 aromatic heterocycles. The number of carboxylic acid groups (broad SMARTS) is 1. The third-order valence-electron chi connectivity index (χ3n) is 2.67. The maximum Gasteiger partial charge on any atom is 0.371 e. The number of carboxylic acids is 1. The van der Waals surface area contributed by atoms with Crippen molar-refractivity contribution in [3.63, 3.8) is 0 Å². The Morgan fingerprint density at radius 1 is 1.43 bits per heavy atom. The Kier molecular flexibility index (Phi) is 4.06. The third kappa shape index (κ3) is 3.08. The summed E-state index contributed by atoms with van der Waals surface area (Å²) < 4.78 is 44.5. The van der Waals surface area contributed by atoms with Crippen molar-refractivity contribution in [2.45, 2.75) is 11.8 Å². The Labute approximate surface area is 127 Å². The van der Waals surface area contributed by atoms with Crippen molar-refractivity contribution in [3.05, 3.63) is 46.1 Å². The minimum atomic E-state index is -4.12. The van der Waals surface area contributed by atoms with Crippen LogP contribution in [0.5, 0.6) is 0 Å². The molecule has 0 aliphatic heterocycles. The number of benzene rings is 1. The number of aromatic carboxylic acids is 1. The van der Waals surface area contributed by atoms with Crippen molar-refractivity contribution in [1.29, 1.82) is 0 Å². The molecule has 6 nitrogen and oxygen atoms in total. The fourth-order valence-corrected chi connectivity index (χ4v) is 3.62. The van der Waals surface area contributed by atoms with Gasteiger partial charge in [-0.2, -0.15) is 0 Å². The molecule has 2 rings (SSSR count). The topological polar surface area (TPSA) is 96.6 Å². The van der Waals surface area contributed by atoms with Gasteiger partial charge in [0.05, 0.1) is 5.69 Å². The molecule has 0 spiro atoms. The van der Waals surface area contributed by atoms with Gasteiger partial charge in [-0.3, -0.25) is 4.72 Å². The van der Waals surface area contributed by atoms with Crippen molar-refractivity contribution >= 4 is 37.6 Å². The summed E-state index contributed by atoms with van der Waals surface area (Å²) in [6, 6.07) is 4.81. The van der Waals surface area contributed by atoms with Crippen molar-refractivity contribution < 1.29 is 27.1 Å². The normalized spacial score (nSPS) is 11.4. The Bertz CT molecular complexity index is 815. The summed E-state index contributed by atoms with van der Waals surface area (Å²) in [7, 11) is -4.12. The second-order valence-corrected chi connectivity index (χ2v) is 6.44. The van der Waals surface area contributed by atoms with E-state index in [2.05, 4.69) is 20.7 Å². The minimum Gasteiger partial charge on any atom is -0.475 e. The number of hydrogen-bond donors (Lipinski definition) is 2. The lowest BCUT2D eigenvalue weighted by Crippen LogP contribution is -2.14. The highest BCUT2D eigenvalue weighted by Crippen LogP contribution is 2.29. The van der Waals surface area contributed by atoms with Gasteiger partial charge in [0.15, 0.2) is 4.67 Å². The first-order valence-corrected chi connectivity index (χ1v) is 7.80. The van der Waals surface area contributed by atoms with E-state index in [0.29, 0.717) is 0 Å². The van der Waals surface area contributed by atoms with Gasteiger partial charge in [-0.15, -0.1) is 0 Å². The van der Waals surface area contributed by atoms with Crippen LogP contribution in [0.2, 0.25) is 0 Å². The predicted molar refractivity (Wildman–Crippen MR) is 75.3 cm³/mol. The standard InChI is InChI=1S/C12H9BrFNO5S/c1-6-7(14)3-2-4-8(6)15-21(18,19)10-5-9(12(16)17)20-11(10)13/h2-5,15H,1H3,(H,16,17). The highest BCUT2D eigenvalue weighted by atomic mass is 79.9. The van der Waals surface area contributed by atoms with Crippen molar-refractivity contribution in [2.24, 2.45) is 0 Å². The van der Waals surface area contributed by atoms with E-state index < -0.39 is 27.6 Å². The summed E-state index contributed by atoms with van der Waals surface area (Å²) in [4.78, 5) is 10.4. The van der Waals surface area contributed by atoms with Gasteiger partial charge in [-0.25, -0.2) is 17.6 Å². The first-order valence-electron chi connectivity index (χ1n) is 5.53. The van der Waals surface area contributed by atoms with E-state index in [0.717, 1.165) is 6.07 Å². The van der Waals surface area contributed by atoms with Gasteiger partial charge >= 0.3 is 5.97 Å². The summed E-state index contributed by atoms with van der Waals surface area (Å²) in [6.45, 7) is 1.42. The summed E-state index contributed by atoms with van der Waals surface area (Å²) in [5, 5.41) is 8.78. The smallest absolute Gasteiger partial charge is 0.371 e. The molecule has 9 heteroatoms. The van der Waals surface area contributed by atoms with E-state index in [1.807, 2.05) is 0 Å². The van der Waals surface area contributed by atoms with Crippen LogP contribution in [0.25, 0.3) is 0 Å². The molecular formula is C12H9BrFNO5S. The highest BCUT2D eigenvalue weighted by molar-refractivity contribution is 9.10. The number of rotatable bonds is 4. The molecule has 0 aliphatic carbocycles. The van der Waals surface area contributed by atoms with E-state index in [9.17, 15) is 17.6 Å². The number of anilines is 1. The third-order valence-corrected chi connectivity index (χ3v) is 4.89. The number of sulfonamides is 1. The molecule has 0 saturated heterocycles. The zero-order chi connectivity index (χ0) is 15.8. The molecule has 0 bridgehead atoms. The van der Waals surface area contributed by atoms with E-state index >= 15 is 0 Å². The summed E-state index contributed by atoms with van der Waals surface area (Å²) in [6.07, 6.45) is 0. The molecule has 2 aromatic rings. The van der Waals surface area contributed by atoms with Crippen LogP contribution >= 0.6 is 15.9 Å². The van der Waals surface area contributed by atoms with Gasteiger partial charge in [-0.1, -0.05) is 6.07 Å². The van der Waals surface area contributed by atoms with E-state index in [-0.39, 0.29) is 20.8 Å². The van der Waals surface area contributed by atoms with Gasteiger partial charge in [-0.05, 0) is 35.0 Å². The number of hydrogen-bond acceptors (Lipinski definition) is 4. The first-order chi connectivity index (χ1) is 9.72. The molecule has 1 heterocycles. The lowest BCUT2D eigenvalue weighted by molar-refractivity contribution is 0.0661.